The highest BCUT2D eigenvalue weighted by Gasteiger charge is 2.44. The molecule has 3 aliphatic rings. The number of piperidine rings is 1. The van der Waals surface area contributed by atoms with Crippen molar-refractivity contribution in [3.8, 4) is 0 Å². The van der Waals surface area contributed by atoms with Gasteiger partial charge in [-0.3, -0.25) is 19.2 Å². The van der Waals surface area contributed by atoms with E-state index in [1.54, 1.807) is 81.4 Å². The largest absolute Gasteiger partial charge is 0.528 e. The topological polar surface area (TPSA) is 216 Å². The molecule has 62 heavy (non-hydrogen) atoms. The summed E-state index contributed by atoms with van der Waals surface area (Å²) >= 11 is 0. The van der Waals surface area contributed by atoms with Gasteiger partial charge in [0.05, 0.1) is 0 Å². The predicted molar refractivity (Wildman–Crippen MR) is 220 cm³/mol. The van der Waals surface area contributed by atoms with Crippen molar-refractivity contribution < 1.29 is 62.1 Å². The Morgan fingerprint density at radius 2 is 1.45 bits per heavy atom. The SMILES string of the molecule is C[C@@H]1C[C@@H](C(=O)OC[C@H](NC(=O)OCc2ccccc2)C(=O)OCC(=O)c2ccccc2)N(C(=O)[C@H](C)NC(=O)[C@@H]2CCCCN2C(=O)[C@@H]2CCCN2OC(=O)OC(C)(C)C)C1. The van der Waals surface area contributed by atoms with Crippen LogP contribution in [0.3, 0.4) is 0 Å². The first-order valence-electron chi connectivity index (χ1n) is 21.0. The highest BCUT2D eigenvalue weighted by Crippen LogP contribution is 2.27. The molecule has 3 fully saturated rings. The first-order valence-corrected chi connectivity index (χ1v) is 21.0. The number of benzene rings is 2. The Labute approximate surface area is 360 Å². The minimum atomic E-state index is -1.58. The van der Waals surface area contributed by atoms with Crippen LogP contribution < -0.4 is 10.6 Å². The number of esters is 2. The summed E-state index contributed by atoms with van der Waals surface area (Å²) in [5, 5.41) is 6.39. The van der Waals surface area contributed by atoms with Gasteiger partial charge in [0.15, 0.2) is 18.4 Å². The lowest BCUT2D eigenvalue weighted by molar-refractivity contribution is -0.172. The summed E-state index contributed by atoms with van der Waals surface area (Å²) in [5.41, 5.74) is 0.187. The molecule has 0 aliphatic carbocycles. The number of carbonyl (C=O) groups is 8. The first kappa shape index (κ1) is 47.0. The van der Waals surface area contributed by atoms with Crippen LogP contribution in [0, 0.1) is 5.92 Å². The number of alkyl carbamates (subject to hydrolysis) is 1. The van der Waals surface area contributed by atoms with Crippen LogP contribution >= 0.6 is 0 Å². The van der Waals surface area contributed by atoms with Gasteiger partial charge in [-0.1, -0.05) is 67.6 Å². The molecule has 3 aliphatic heterocycles. The number of carbonyl (C=O) groups excluding carboxylic acids is 8. The van der Waals surface area contributed by atoms with Crippen LogP contribution in [-0.4, -0.2) is 131 Å². The summed E-state index contributed by atoms with van der Waals surface area (Å²) in [6.07, 6.45) is 0.960. The Balaban J connectivity index is 1.19. The molecule has 2 aromatic carbocycles. The van der Waals surface area contributed by atoms with Gasteiger partial charge in [-0.05, 0) is 77.7 Å². The van der Waals surface area contributed by atoms with Crippen molar-refractivity contribution in [2.75, 3.05) is 32.8 Å². The predicted octanol–water partition coefficient (Wildman–Crippen LogP) is 3.70. The van der Waals surface area contributed by atoms with E-state index in [1.807, 2.05) is 6.92 Å². The number of hydrogen-bond acceptors (Lipinski definition) is 14. The maximum Gasteiger partial charge on any atom is 0.528 e. The number of rotatable bonds is 15. The van der Waals surface area contributed by atoms with Gasteiger partial charge in [-0.15, -0.1) is 5.06 Å². The Morgan fingerprint density at radius 3 is 2.15 bits per heavy atom. The van der Waals surface area contributed by atoms with Crippen LogP contribution in [0.1, 0.15) is 89.1 Å². The van der Waals surface area contributed by atoms with Crippen LogP contribution in [0.2, 0.25) is 0 Å². The molecule has 336 valence electrons. The third-order valence-corrected chi connectivity index (χ3v) is 10.6. The van der Waals surface area contributed by atoms with E-state index < -0.39 is 90.8 Å². The van der Waals surface area contributed by atoms with Gasteiger partial charge in [-0.2, -0.15) is 0 Å². The third-order valence-electron chi connectivity index (χ3n) is 10.6. The van der Waals surface area contributed by atoms with Crippen LogP contribution in [0.15, 0.2) is 60.7 Å². The Hall–Kier alpha value is -6.04. The summed E-state index contributed by atoms with van der Waals surface area (Å²) in [4.78, 5) is 114. The van der Waals surface area contributed by atoms with Crippen molar-refractivity contribution in [1.29, 1.82) is 0 Å². The molecular formula is C44H57N5O13. The van der Waals surface area contributed by atoms with E-state index in [9.17, 15) is 38.4 Å². The molecule has 0 saturated carbocycles. The molecule has 4 amide bonds. The van der Waals surface area contributed by atoms with E-state index in [0.717, 1.165) is 0 Å². The van der Waals surface area contributed by atoms with Crippen LogP contribution in [-0.2, 0) is 54.4 Å². The number of hydrogen-bond donors (Lipinski definition) is 2. The lowest BCUT2D eigenvalue weighted by Crippen LogP contribution is -2.59. The Kier molecular flexibility index (Phi) is 16.4. The number of amides is 4. The average molecular weight is 864 g/mol. The van der Waals surface area contributed by atoms with Crippen molar-refractivity contribution >= 4 is 47.7 Å². The van der Waals surface area contributed by atoms with Gasteiger partial charge < -0.3 is 44.2 Å². The fraction of sp³-hybridized carbons (Fsp3) is 0.545. The second-order valence-corrected chi connectivity index (χ2v) is 16.8. The van der Waals surface area contributed by atoms with Crippen LogP contribution in [0.4, 0.5) is 9.59 Å². The van der Waals surface area contributed by atoms with Gasteiger partial charge >= 0.3 is 24.2 Å². The number of nitrogens with zero attached hydrogens (tertiary/aromatic N) is 3. The lowest BCUT2D eigenvalue weighted by Gasteiger charge is -2.38. The van der Waals surface area contributed by atoms with E-state index in [0.29, 0.717) is 56.3 Å². The van der Waals surface area contributed by atoms with Gasteiger partial charge in [0.25, 0.3) is 0 Å². The maximum atomic E-state index is 13.9. The van der Waals surface area contributed by atoms with Crippen LogP contribution in [0.5, 0.6) is 0 Å². The van der Waals surface area contributed by atoms with Crippen molar-refractivity contribution in [3.05, 3.63) is 71.8 Å². The molecule has 6 atom stereocenters. The smallest absolute Gasteiger partial charge is 0.461 e. The zero-order valence-corrected chi connectivity index (χ0v) is 35.9. The fourth-order valence-electron chi connectivity index (χ4n) is 7.53. The van der Waals surface area contributed by atoms with Crippen molar-refractivity contribution in [2.24, 2.45) is 5.92 Å². The molecule has 0 radical (unpaired) electrons. The fourth-order valence-corrected chi connectivity index (χ4v) is 7.53. The monoisotopic (exact) mass is 863 g/mol. The summed E-state index contributed by atoms with van der Waals surface area (Å²) in [7, 11) is 0. The van der Waals surface area contributed by atoms with Crippen LogP contribution in [0.25, 0.3) is 0 Å². The minimum absolute atomic E-state index is 0.120. The number of nitrogens with one attached hydrogen (secondary N) is 2. The molecule has 3 saturated heterocycles. The zero-order valence-electron chi connectivity index (χ0n) is 35.9. The van der Waals surface area contributed by atoms with Crippen molar-refractivity contribution in [3.63, 3.8) is 0 Å². The molecular weight excluding hydrogens is 807 g/mol. The van der Waals surface area contributed by atoms with E-state index >= 15 is 0 Å². The lowest BCUT2D eigenvalue weighted by atomic mass is 9.99. The Bertz CT molecular complexity index is 1920. The molecule has 0 spiro atoms. The third kappa shape index (κ3) is 13.2. The minimum Gasteiger partial charge on any atom is -0.461 e. The van der Waals surface area contributed by atoms with E-state index in [2.05, 4.69) is 10.6 Å². The molecule has 0 unspecified atom stereocenters. The zero-order chi connectivity index (χ0) is 45.0. The highest BCUT2D eigenvalue weighted by atomic mass is 16.8. The summed E-state index contributed by atoms with van der Waals surface area (Å²) in [6.45, 7) is 7.74. The number of Topliss-reactive ketones (excluding diaryl/α,β-unsaturated/α-hetero) is 1. The van der Waals surface area contributed by atoms with E-state index in [4.69, 9.17) is 23.8 Å². The summed E-state index contributed by atoms with van der Waals surface area (Å²) in [5.74, 6) is -4.04. The Morgan fingerprint density at radius 1 is 0.774 bits per heavy atom. The molecule has 2 aromatic rings. The van der Waals surface area contributed by atoms with Crippen molar-refractivity contribution in [2.45, 2.75) is 116 Å². The number of ether oxygens (including phenoxy) is 4. The second-order valence-electron chi connectivity index (χ2n) is 16.8. The molecule has 0 bridgehead atoms. The highest BCUT2D eigenvalue weighted by molar-refractivity contribution is 5.98. The second kappa shape index (κ2) is 21.7. The van der Waals surface area contributed by atoms with Crippen molar-refractivity contribution in [1.82, 2.24) is 25.5 Å². The molecule has 18 nitrogen and oxygen atoms in total. The molecule has 0 aromatic heterocycles. The number of hydroxylamine groups is 2. The van der Waals surface area contributed by atoms with E-state index in [1.165, 1.54) is 21.8 Å². The standard InChI is InChI=1S/C44H57N5O13/c1-28-23-35(41(55)58-26-32(46-42(56)60-25-30-15-8-6-9-16-30)40(54)59-27-36(50)31-17-10-7-11-18-31)48(24-28)38(52)29(2)45-37(51)33-19-12-13-21-47(33)39(53)34-20-14-22-49(34)62-43(57)61-44(3,4)5/h6-11,15-18,28-29,32-35H,12-14,19-27H2,1-5H3,(H,45,51)(H,46,56)/t28-,29+,32+,33+,34+,35+/m1/s1. The number of likely N-dealkylation sites (tertiary alicyclic amines) is 2. The normalized spacial score (nSPS) is 21.2. The molecule has 18 heteroatoms. The summed E-state index contributed by atoms with van der Waals surface area (Å²) in [6, 6.07) is 11.5. The maximum absolute atomic E-state index is 13.9. The quantitative estimate of drug-likeness (QED) is 0.148. The van der Waals surface area contributed by atoms with Gasteiger partial charge in [-0.25, -0.2) is 19.2 Å². The van der Waals surface area contributed by atoms with Gasteiger partial charge in [0.1, 0.15) is 43.0 Å². The molecule has 5 rings (SSSR count). The van der Waals surface area contributed by atoms with E-state index in [-0.39, 0.29) is 31.4 Å². The molecule has 2 N–H and O–H groups in total. The average Bonchev–Trinajstić information content (AvgIpc) is 3.88. The van der Waals surface area contributed by atoms with Gasteiger partial charge in [0.2, 0.25) is 17.7 Å². The molecule has 3 heterocycles. The number of ketones is 1. The first-order chi connectivity index (χ1) is 29.5. The van der Waals surface area contributed by atoms with Gasteiger partial charge in [0, 0.05) is 25.2 Å². The summed E-state index contributed by atoms with van der Waals surface area (Å²) < 4.78 is 21.3.